The molecule has 0 aliphatic rings. The first-order valence-electron chi connectivity index (χ1n) is 5.36. The summed E-state index contributed by atoms with van der Waals surface area (Å²) in [5.74, 6) is -0.617. The van der Waals surface area contributed by atoms with E-state index in [9.17, 15) is 13.2 Å². The summed E-state index contributed by atoms with van der Waals surface area (Å²) in [5.41, 5.74) is 0. The monoisotopic (exact) mass is 325 g/mol. The van der Waals surface area contributed by atoms with Crippen LogP contribution in [0.2, 0.25) is 10.0 Å². The maximum Gasteiger partial charge on any atom is 0.321 e. The predicted molar refractivity (Wildman–Crippen MR) is 72.9 cm³/mol. The van der Waals surface area contributed by atoms with Crippen LogP contribution in [0.5, 0.6) is 0 Å². The number of hydrogen-bond donors (Lipinski definition) is 0. The third-order valence-corrected chi connectivity index (χ3v) is 4.79. The summed E-state index contributed by atoms with van der Waals surface area (Å²) < 4.78 is 29.9. The van der Waals surface area contributed by atoms with Crippen molar-refractivity contribution in [1.29, 1.82) is 0 Å². The molecule has 0 saturated carbocycles. The summed E-state index contributed by atoms with van der Waals surface area (Å²) in [6.07, 6.45) is 0. The fourth-order valence-corrected chi connectivity index (χ4v) is 2.80. The molecule has 0 atom stereocenters. The zero-order valence-electron chi connectivity index (χ0n) is 10.4. The van der Waals surface area contributed by atoms with Gasteiger partial charge in [-0.15, -0.1) is 0 Å². The second kappa shape index (κ2) is 6.56. The van der Waals surface area contributed by atoms with Crippen molar-refractivity contribution in [2.45, 2.75) is 11.8 Å². The molecule has 0 fully saturated rings. The molecule has 0 saturated heterocycles. The lowest BCUT2D eigenvalue weighted by Gasteiger charge is -2.16. The molecule has 1 aromatic carbocycles. The van der Waals surface area contributed by atoms with Crippen LogP contribution in [0.3, 0.4) is 0 Å². The number of carbonyl (C=O) groups excluding carboxylic acids is 1. The molecule has 106 valence electrons. The van der Waals surface area contributed by atoms with Crippen molar-refractivity contribution in [2.75, 3.05) is 20.2 Å². The number of sulfonamides is 1. The van der Waals surface area contributed by atoms with Crippen LogP contribution in [0, 0.1) is 0 Å². The number of likely N-dealkylation sites (N-methyl/N-ethyl adjacent to an activating group) is 1. The lowest BCUT2D eigenvalue weighted by molar-refractivity contribution is -0.143. The van der Waals surface area contributed by atoms with Gasteiger partial charge in [0.05, 0.1) is 21.5 Å². The molecule has 1 rings (SSSR count). The normalized spacial score (nSPS) is 11.6. The van der Waals surface area contributed by atoms with Gasteiger partial charge in [0.2, 0.25) is 10.0 Å². The van der Waals surface area contributed by atoms with Crippen molar-refractivity contribution in [3.05, 3.63) is 28.2 Å². The Morgan fingerprint density at radius 3 is 2.47 bits per heavy atom. The largest absolute Gasteiger partial charge is 0.465 e. The van der Waals surface area contributed by atoms with Crippen LogP contribution >= 0.6 is 23.2 Å². The Balaban J connectivity index is 2.96. The number of esters is 1. The Kier molecular flexibility index (Phi) is 5.61. The van der Waals surface area contributed by atoms with Gasteiger partial charge in [0, 0.05) is 7.05 Å². The van der Waals surface area contributed by atoms with Gasteiger partial charge in [-0.2, -0.15) is 4.31 Å². The lowest BCUT2D eigenvalue weighted by atomic mass is 10.4. The maximum atomic E-state index is 12.2. The molecule has 8 heteroatoms. The third-order valence-electron chi connectivity index (χ3n) is 2.26. The van der Waals surface area contributed by atoms with Crippen LogP contribution in [0.25, 0.3) is 0 Å². The Morgan fingerprint density at radius 2 is 1.95 bits per heavy atom. The number of benzene rings is 1. The standard InChI is InChI=1S/C11H13Cl2NO4S/c1-3-18-11(15)7-14(2)19(16,17)8-4-5-9(12)10(13)6-8/h4-6H,3,7H2,1-2H3. The van der Waals surface area contributed by atoms with Crippen LogP contribution in [0.15, 0.2) is 23.1 Å². The van der Waals surface area contributed by atoms with Gasteiger partial charge in [-0.05, 0) is 25.1 Å². The van der Waals surface area contributed by atoms with E-state index in [1.54, 1.807) is 6.92 Å². The highest BCUT2D eigenvalue weighted by Gasteiger charge is 2.24. The molecule has 0 aliphatic heterocycles. The van der Waals surface area contributed by atoms with E-state index in [1.807, 2.05) is 0 Å². The number of ether oxygens (including phenoxy) is 1. The molecule has 0 N–H and O–H groups in total. The van der Waals surface area contributed by atoms with Gasteiger partial charge in [-0.25, -0.2) is 8.42 Å². The molecule has 0 spiro atoms. The zero-order chi connectivity index (χ0) is 14.6. The molecule has 0 radical (unpaired) electrons. The SMILES string of the molecule is CCOC(=O)CN(C)S(=O)(=O)c1ccc(Cl)c(Cl)c1. The topological polar surface area (TPSA) is 63.7 Å². The molecule has 19 heavy (non-hydrogen) atoms. The van der Waals surface area contributed by atoms with Gasteiger partial charge in [-0.3, -0.25) is 4.79 Å². The molecule has 0 bridgehead atoms. The van der Waals surface area contributed by atoms with Gasteiger partial charge in [-0.1, -0.05) is 23.2 Å². The van der Waals surface area contributed by atoms with E-state index in [1.165, 1.54) is 25.2 Å². The number of halogens is 2. The highest BCUT2D eigenvalue weighted by atomic mass is 35.5. The van der Waals surface area contributed by atoms with E-state index in [-0.39, 0.29) is 28.1 Å². The molecule has 0 aliphatic carbocycles. The number of hydrogen-bond acceptors (Lipinski definition) is 4. The van der Waals surface area contributed by atoms with Crippen LogP contribution in [-0.2, 0) is 19.6 Å². The predicted octanol–water partition coefficient (Wildman–Crippen LogP) is 2.18. The van der Waals surface area contributed by atoms with E-state index in [0.717, 1.165) is 4.31 Å². The Morgan fingerprint density at radius 1 is 1.32 bits per heavy atom. The van der Waals surface area contributed by atoms with Crippen molar-refractivity contribution in [3.63, 3.8) is 0 Å². The van der Waals surface area contributed by atoms with E-state index in [4.69, 9.17) is 27.9 Å². The summed E-state index contributed by atoms with van der Waals surface area (Å²) in [6, 6.07) is 3.95. The molecule has 0 amide bonds. The van der Waals surface area contributed by atoms with Crippen LogP contribution in [0.4, 0.5) is 0 Å². The molecule has 0 aromatic heterocycles. The van der Waals surface area contributed by atoms with E-state index in [0.29, 0.717) is 0 Å². The summed E-state index contributed by atoms with van der Waals surface area (Å²) in [7, 11) is -2.52. The van der Waals surface area contributed by atoms with Gasteiger partial charge >= 0.3 is 5.97 Å². The van der Waals surface area contributed by atoms with E-state index >= 15 is 0 Å². The second-order valence-electron chi connectivity index (χ2n) is 3.64. The van der Waals surface area contributed by atoms with Gasteiger partial charge < -0.3 is 4.74 Å². The van der Waals surface area contributed by atoms with Crippen molar-refractivity contribution in [1.82, 2.24) is 4.31 Å². The average molecular weight is 326 g/mol. The van der Waals surface area contributed by atoms with Gasteiger partial charge in [0.15, 0.2) is 0 Å². The lowest BCUT2D eigenvalue weighted by Crippen LogP contribution is -2.33. The molecule has 5 nitrogen and oxygen atoms in total. The maximum absolute atomic E-state index is 12.2. The Hall–Kier alpha value is -0.820. The van der Waals surface area contributed by atoms with E-state index < -0.39 is 16.0 Å². The first kappa shape index (κ1) is 16.2. The first-order valence-corrected chi connectivity index (χ1v) is 7.55. The number of carbonyl (C=O) groups is 1. The first-order chi connectivity index (χ1) is 8.78. The number of rotatable bonds is 5. The quantitative estimate of drug-likeness (QED) is 0.778. The minimum Gasteiger partial charge on any atom is -0.465 e. The zero-order valence-corrected chi connectivity index (χ0v) is 12.7. The van der Waals surface area contributed by atoms with Crippen molar-refractivity contribution in [3.8, 4) is 0 Å². The highest BCUT2D eigenvalue weighted by molar-refractivity contribution is 7.89. The van der Waals surface area contributed by atoms with Crippen LogP contribution in [-0.4, -0.2) is 38.9 Å². The average Bonchev–Trinajstić information content (AvgIpc) is 2.32. The molecular formula is C11H13Cl2NO4S. The van der Waals surface area contributed by atoms with Crippen LogP contribution < -0.4 is 0 Å². The fraction of sp³-hybridized carbons (Fsp3) is 0.364. The van der Waals surface area contributed by atoms with Gasteiger partial charge in [0.25, 0.3) is 0 Å². The Bertz CT molecular complexity index is 574. The summed E-state index contributed by atoms with van der Waals surface area (Å²) in [5, 5.41) is 0.390. The number of nitrogens with zero attached hydrogens (tertiary/aromatic N) is 1. The van der Waals surface area contributed by atoms with Crippen LogP contribution in [0.1, 0.15) is 6.92 Å². The molecule has 0 heterocycles. The smallest absolute Gasteiger partial charge is 0.321 e. The van der Waals surface area contributed by atoms with Gasteiger partial charge in [0.1, 0.15) is 6.54 Å². The minimum atomic E-state index is -3.80. The fourth-order valence-electron chi connectivity index (χ4n) is 1.29. The molecule has 1 aromatic rings. The van der Waals surface area contributed by atoms with Crippen molar-refractivity contribution < 1.29 is 17.9 Å². The molecule has 0 unspecified atom stereocenters. The highest BCUT2D eigenvalue weighted by Crippen LogP contribution is 2.26. The minimum absolute atomic E-state index is 0.0336. The van der Waals surface area contributed by atoms with Crippen molar-refractivity contribution >= 4 is 39.2 Å². The summed E-state index contributed by atoms with van der Waals surface area (Å²) >= 11 is 11.5. The van der Waals surface area contributed by atoms with Crippen molar-refractivity contribution in [2.24, 2.45) is 0 Å². The molecular weight excluding hydrogens is 313 g/mol. The third kappa shape index (κ3) is 4.07. The summed E-state index contributed by atoms with van der Waals surface area (Å²) in [4.78, 5) is 11.2. The summed E-state index contributed by atoms with van der Waals surface area (Å²) in [6.45, 7) is 1.47. The Labute approximate surface area is 122 Å². The van der Waals surface area contributed by atoms with E-state index in [2.05, 4.69) is 0 Å². The second-order valence-corrected chi connectivity index (χ2v) is 6.50.